The number of anilines is 3. The smallest absolute Gasteiger partial charge is 0.0569 e. The van der Waals surface area contributed by atoms with E-state index in [0.717, 1.165) is 45.0 Å². The van der Waals surface area contributed by atoms with Crippen LogP contribution < -0.4 is 4.90 Å². The predicted octanol–water partition coefficient (Wildman–Crippen LogP) is 16.9. The molecule has 0 atom stereocenters. The van der Waals surface area contributed by atoms with E-state index < -0.39 is 0 Å². The molecular formula is C61H44N2. The monoisotopic (exact) mass is 804 g/mol. The van der Waals surface area contributed by atoms with Gasteiger partial charge < -0.3 is 9.47 Å². The van der Waals surface area contributed by atoms with Gasteiger partial charge in [-0.05, 0) is 123 Å². The number of rotatable bonds is 9. The van der Waals surface area contributed by atoms with Gasteiger partial charge in [0.25, 0.3) is 0 Å². The van der Waals surface area contributed by atoms with E-state index in [0.29, 0.717) is 0 Å². The van der Waals surface area contributed by atoms with Crippen LogP contribution in [-0.4, -0.2) is 4.57 Å². The predicted molar refractivity (Wildman–Crippen MR) is 267 cm³/mol. The maximum Gasteiger partial charge on any atom is 0.0569 e. The highest BCUT2D eigenvalue weighted by Gasteiger charge is 2.22. The summed E-state index contributed by atoms with van der Waals surface area (Å²) in [6.45, 7) is 2.24. The van der Waals surface area contributed by atoms with Gasteiger partial charge in [-0.25, -0.2) is 0 Å². The van der Waals surface area contributed by atoms with Crippen molar-refractivity contribution in [3.8, 4) is 61.3 Å². The number of para-hydroxylation sites is 3. The SMILES string of the molecule is Cc1cccc(-c2ccc(-c3ccccc3)cc2)c1N(c1cccc(-c2cc(-c3ccccc3)cc(-c3ccccc3)c2)c1)c1ccc2c3ccccc3n(-c3ccccc3)c2c1. The van der Waals surface area contributed by atoms with Crippen molar-refractivity contribution in [2.45, 2.75) is 6.92 Å². The van der Waals surface area contributed by atoms with Crippen molar-refractivity contribution in [2.24, 2.45) is 0 Å². The Kier molecular flexibility index (Phi) is 9.80. The summed E-state index contributed by atoms with van der Waals surface area (Å²) in [5.74, 6) is 0. The summed E-state index contributed by atoms with van der Waals surface area (Å²) in [5, 5.41) is 2.46. The highest BCUT2D eigenvalue weighted by molar-refractivity contribution is 6.10. The van der Waals surface area contributed by atoms with Gasteiger partial charge in [-0.1, -0.05) is 188 Å². The molecule has 298 valence electrons. The van der Waals surface area contributed by atoms with Crippen LogP contribution in [0, 0.1) is 6.92 Å². The van der Waals surface area contributed by atoms with Gasteiger partial charge in [-0.15, -0.1) is 0 Å². The molecule has 0 aliphatic rings. The fraction of sp³-hybridized carbons (Fsp3) is 0.0164. The molecule has 0 saturated heterocycles. The average molecular weight is 805 g/mol. The molecule has 0 fully saturated rings. The van der Waals surface area contributed by atoms with Crippen LogP contribution in [0.2, 0.25) is 0 Å². The molecular weight excluding hydrogens is 761 g/mol. The molecule has 0 radical (unpaired) electrons. The highest BCUT2D eigenvalue weighted by atomic mass is 15.1. The number of aromatic nitrogens is 1. The number of fused-ring (bicyclic) bond motifs is 3. The average Bonchev–Trinajstić information content (AvgIpc) is 3.69. The summed E-state index contributed by atoms with van der Waals surface area (Å²) in [6.07, 6.45) is 0. The molecule has 0 aliphatic carbocycles. The summed E-state index contributed by atoms with van der Waals surface area (Å²) < 4.78 is 2.41. The van der Waals surface area contributed by atoms with Gasteiger partial charge in [-0.2, -0.15) is 0 Å². The maximum atomic E-state index is 2.48. The molecule has 0 unspecified atom stereocenters. The van der Waals surface area contributed by atoms with Crippen molar-refractivity contribution in [3.63, 3.8) is 0 Å². The molecule has 1 heterocycles. The van der Waals surface area contributed by atoms with Crippen molar-refractivity contribution < 1.29 is 0 Å². The van der Waals surface area contributed by atoms with Crippen molar-refractivity contribution in [1.82, 2.24) is 4.57 Å². The Labute approximate surface area is 369 Å². The maximum absolute atomic E-state index is 2.48. The Morgan fingerprint density at radius 1 is 0.302 bits per heavy atom. The summed E-state index contributed by atoms with van der Waals surface area (Å²) in [4.78, 5) is 2.48. The topological polar surface area (TPSA) is 8.17 Å². The molecule has 2 heteroatoms. The van der Waals surface area contributed by atoms with Gasteiger partial charge in [-0.3, -0.25) is 0 Å². The van der Waals surface area contributed by atoms with E-state index in [1.165, 1.54) is 60.8 Å². The second-order valence-corrected chi connectivity index (χ2v) is 16.2. The van der Waals surface area contributed by atoms with Crippen molar-refractivity contribution in [1.29, 1.82) is 0 Å². The Morgan fingerprint density at radius 2 is 0.778 bits per heavy atom. The third-order valence-electron chi connectivity index (χ3n) is 12.3. The number of hydrogen-bond acceptors (Lipinski definition) is 1. The molecule has 10 aromatic carbocycles. The Morgan fingerprint density at radius 3 is 1.43 bits per heavy atom. The minimum atomic E-state index is 1.08. The van der Waals surface area contributed by atoms with Gasteiger partial charge >= 0.3 is 0 Å². The van der Waals surface area contributed by atoms with E-state index in [4.69, 9.17) is 0 Å². The lowest BCUT2D eigenvalue weighted by Gasteiger charge is -2.30. The first-order chi connectivity index (χ1) is 31.2. The first kappa shape index (κ1) is 37.8. The largest absolute Gasteiger partial charge is 0.310 e. The first-order valence-corrected chi connectivity index (χ1v) is 21.7. The van der Waals surface area contributed by atoms with Gasteiger partial charge in [0.2, 0.25) is 0 Å². The van der Waals surface area contributed by atoms with Crippen LogP contribution in [0.4, 0.5) is 17.1 Å². The molecule has 2 nitrogen and oxygen atoms in total. The van der Waals surface area contributed by atoms with Gasteiger partial charge in [0, 0.05) is 33.4 Å². The molecule has 1 aromatic heterocycles. The Hall–Kier alpha value is -8.20. The highest BCUT2D eigenvalue weighted by Crippen LogP contribution is 2.46. The molecule has 0 aliphatic heterocycles. The standard InChI is InChI=1S/C61H44N2/c1-43-18-16-30-56(48-34-32-47(33-35-48)44-19-6-2-7-20-44)61(43)62(55-36-37-58-57-29-14-15-31-59(57)63(60(58)42-55)53-26-12-5-13-27-53)54-28-17-25-49(41-54)52-39-50(45-21-8-3-9-22-45)38-51(40-52)46-23-10-4-11-24-46/h2-42H,1H3. The summed E-state index contributed by atoms with van der Waals surface area (Å²) in [6, 6.07) is 90.3. The number of aryl methyl sites for hydroxylation is 1. The second-order valence-electron chi connectivity index (χ2n) is 16.2. The van der Waals surface area contributed by atoms with Crippen LogP contribution in [0.25, 0.3) is 83.1 Å². The van der Waals surface area contributed by atoms with Crippen molar-refractivity contribution in [2.75, 3.05) is 4.90 Å². The van der Waals surface area contributed by atoms with E-state index >= 15 is 0 Å². The van der Waals surface area contributed by atoms with Crippen LogP contribution in [-0.2, 0) is 0 Å². The lowest BCUT2D eigenvalue weighted by molar-refractivity contribution is 1.18. The molecule has 0 bridgehead atoms. The first-order valence-electron chi connectivity index (χ1n) is 21.7. The minimum Gasteiger partial charge on any atom is -0.310 e. The van der Waals surface area contributed by atoms with Gasteiger partial charge in [0.05, 0.1) is 16.7 Å². The Bertz CT molecular complexity index is 3310. The zero-order chi connectivity index (χ0) is 42.1. The molecule has 0 N–H and O–H groups in total. The third kappa shape index (κ3) is 7.18. The minimum absolute atomic E-state index is 1.08. The van der Waals surface area contributed by atoms with Crippen LogP contribution in [0.1, 0.15) is 5.56 Å². The van der Waals surface area contributed by atoms with Crippen LogP contribution in [0.15, 0.2) is 249 Å². The summed E-state index contributed by atoms with van der Waals surface area (Å²) >= 11 is 0. The van der Waals surface area contributed by atoms with Crippen molar-refractivity contribution >= 4 is 38.9 Å². The summed E-state index contributed by atoms with van der Waals surface area (Å²) in [7, 11) is 0. The number of nitrogens with zero attached hydrogens (tertiary/aromatic N) is 2. The number of hydrogen-bond donors (Lipinski definition) is 0. The van der Waals surface area contributed by atoms with E-state index in [1.807, 2.05) is 0 Å². The normalized spacial score (nSPS) is 11.3. The molecule has 11 aromatic rings. The van der Waals surface area contributed by atoms with Crippen LogP contribution in [0.5, 0.6) is 0 Å². The van der Waals surface area contributed by atoms with E-state index in [9.17, 15) is 0 Å². The van der Waals surface area contributed by atoms with Crippen LogP contribution in [0.3, 0.4) is 0 Å². The van der Waals surface area contributed by atoms with E-state index in [-0.39, 0.29) is 0 Å². The Balaban J connectivity index is 1.13. The molecule has 0 amide bonds. The molecule has 0 spiro atoms. The van der Waals surface area contributed by atoms with E-state index in [1.54, 1.807) is 0 Å². The van der Waals surface area contributed by atoms with Crippen LogP contribution >= 0.6 is 0 Å². The molecule has 11 rings (SSSR count). The zero-order valence-electron chi connectivity index (χ0n) is 35.1. The molecule has 0 saturated carbocycles. The third-order valence-corrected chi connectivity index (χ3v) is 12.3. The number of benzene rings is 10. The summed E-state index contributed by atoms with van der Waals surface area (Å²) in [5.41, 5.74) is 19.8. The fourth-order valence-electron chi connectivity index (χ4n) is 9.24. The second kappa shape index (κ2) is 16.3. The quantitative estimate of drug-likeness (QED) is 0.141. The van der Waals surface area contributed by atoms with Gasteiger partial charge in [0.15, 0.2) is 0 Å². The fourth-order valence-corrected chi connectivity index (χ4v) is 9.24. The van der Waals surface area contributed by atoms with Gasteiger partial charge in [0.1, 0.15) is 0 Å². The van der Waals surface area contributed by atoms with Crippen molar-refractivity contribution in [3.05, 3.63) is 254 Å². The van der Waals surface area contributed by atoms with E-state index in [2.05, 4.69) is 265 Å². The zero-order valence-corrected chi connectivity index (χ0v) is 35.1. The lowest BCUT2D eigenvalue weighted by atomic mass is 9.93. The lowest BCUT2D eigenvalue weighted by Crippen LogP contribution is -2.13. The molecule has 63 heavy (non-hydrogen) atoms.